The van der Waals surface area contributed by atoms with Crippen molar-refractivity contribution in [3.05, 3.63) is 23.9 Å². The van der Waals surface area contributed by atoms with Gasteiger partial charge in [0.15, 0.2) is 0 Å². The highest BCUT2D eigenvalue weighted by Gasteiger charge is 2.44. The largest absolute Gasteiger partial charge is 0.356 e. The van der Waals surface area contributed by atoms with E-state index in [9.17, 15) is 4.79 Å². The van der Waals surface area contributed by atoms with Crippen molar-refractivity contribution in [1.29, 1.82) is 0 Å². The molecule has 1 aromatic heterocycles. The van der Waals surface area contributed by atoms with Gasteiger partial charge in [-0.3, -0.25) is 4.79 Å². The minimum absolute atomic E-state index is 0.278. The van der Waals surface area contributed by atoms with Crippen molar-refractivity contribution in [2.75, 3.05) is 24.5 Å². The lowest BCUT2D eigenvalue weighted by atomic mass is 9.73. The summed E-state index contributed by atoms with van der Waals surface area (Å²) in [5.41, 5.74) is 1.55. The molecule has 4 rings (SSSR count). The van der Waals surface area contributed by atoms with Crippen molar-refractivity contribution in [3.8, 4) is 0 Å². The van der Waals surface area contributed by atoms with Crippen molar-refractivity contribution in [3.63, 3.8) is 0 Å². The van der Waals surface area contributed by atoms with Crippen LogP contribution >= 0.6 is 0 Å². The van der Waals surface area contributed by atoms with E-state index in [0.717, 1.165) is 38.3 Å². The van der Waals surface area contributed by atoms with Gasteiger partial charge in [0.25, 0.3) is 0 Å². The van der Waals surface area contributed by atoms with Crippen LogP contribution < -0.4 is 4.90 Å². The Bertz CT molecular complexity index is 611. The van der Waals surface area contributed by atoms with Gasteiger partial charge in [-0.1, -0.05) is 12.8 Å². The van der Waals surface area contributed by atoms with E-state index in [4.69, 9.17) is 0 Å². The highest BCUT2D eigenvalue weighted by molar-refractivity contribution is 5.77. The fourth-order valence-corrected chi connectivity index (χ4v) is 5.02. The fraction of sp³-hybridized carbons (Fsp3) is 0.700. The quantitative estimate of drug-likeness (QED) is 0.833. The summed E-state index contributed by atoms with van der Waals surface area (Å²) in [7, 11) is 0. The van der Waals surface area contributed by atoms with Gasteiger partial charge < -0.3 is 9.80 Å². The summed E-state index contributed by atoms with van der Waals surface area (Å²) in [6, 6.07) is 4.77. The molecule has 4 nitrogen and oxygen atoms in total. The summed E-state index contributed by atoms with van der Waals surface area (Å²) in [5, 5.41) is 0. The van der Waals surface area contributed by atoms with Gasteiger partial charge in [-0.05, 0) is 56.7 Å². The lowest BCUT2D eigenvalue weighted by molar-refractivity contribution is -0.140. The first-order valence-electron chi connectivity index (χ1n) is 9.62. The second-order valence-electron chi connectivity index (χ2n) is 8.18. The highest BCUT2D eigenvalue weighted by Crippen LogP contribution is 2.41. The Labute approximate surface area is 145 Å². The summed E-state index contributed by atoms with van der Waals surface area (Å²) in [5.74, 6) is 1.51. The third-order valence-electron chi connectivity index (χ3n) is 6.35. The molecular formula is C20H29N3O. The van der Waals surface area contributed by atoms with Crippen molar-refractivity contribution in [2.45, 2.75) is 64.3 Å². The number of hydrogen-bond acceptors (Lipinski definition) is 3. The van der Waals surface area contributed by atoms with Crippen LogP contribution in [-0.2, 0) is 4.79 Å². The molecule has 2 aliphatic heterocycles. The second kappa shape index (κ2) is 6.38. The molecule has 130 valence electrons. The Morgan fingerprint density at radius 2 is 2.00 bits per heavy atom. The van der Waals surface area contributed by atoms with Crippen LogP contribution in [0.4, 0.5) is 5.82 Å². The van der Waals surface area contributed by atoms with E-state index >= 15 is 0 Å². The molecule has 1 amide bonds. The standard InChI is InChI=1S/C20H29N3O/c1-16-8-11-21-18(13-16)22-12-4-9-20(14-22)10-7-19(24)23(15-20)17-5-2-3-6-17/h8,11,13,17H,2-7,9-10,12,14-15H2,1H3/t20-/m0/s1. The van der Waals surface area contributed by atoms with Crippen LogP contribution in [0.1, 0.15) is 56.9 Å². The zero-order valence-corrected chi connectivity index (χ0v) is 14.8. The fourth-order valence-electron chi connectivity index (χ4n) is 5.02. The molecule has 1 saturated carbocycles. The lowest BCUT2D eigenvalue weighted by Gasteiger charge is -2.50. The molecule has 0 unspecified atom stereocenters. The van der Waals surface area contributed by atoms with Gasteiger partial charge in [-0.2, -0.15) is 0 Å². The number of pyridine rings is 1. The molecule has 3 heterocycles. The van der Waals surface area contributed by atoms with Gasteiger partial charge in [-0.15, -0.1) is 0 Å². The van der Waals surface area contributed by atoms with E-state index in [1.807, 2.05) is 6.20 Å². The van der Waals surface area contributed by atoms with E-state index in [0.29, 0.717) is 11.9 Å². The molecular weight excluding hydrogens is 298 g/mol. The lowest BCUT2D eigenvalue weighted by Crippen LogP contribution is -2.56. The van der Waals surface area contributed by atoms with Crippen LogP contribution in [-0.4, -0.2) is 41.5 Å². The highest BCUT2D eigenvalue weighted by atomic mass is 16.2. The van der Waals surface area contributed by atoms with E-state index in [1.165, 1.54) is 44.1 Å². The number of carbonyl (C=O) groups is 1. The maximum absolute atomic E-state index is 12.5. The molecule has 3 aliphatic rings. The van der Waals surface area contributed by atoms with Crippen LogP contribution in [0.5, 0.6) is 0 Å². The van der Waals surface area contributed by atoms with E-state index in [-0.39, 0.29) is 5.41 Å². The average molecular weight is 327 g/mol. The Kier molecular flexibility index (Phi) is 4.23. The molecule has 0 radical (unpaired) electrons. The van der Waals surface area contributed by atoms with Gasteiger partial charge in [0, 0.05) is 43.7 Å². The normalized spacial score (nSPS) is 28.8. The number of carbonyl (C=O) groups excluding carboxylic acids is 1. The number of rotatable bonds is 2. The first-order valence-corrected chi connectivity index (χ1v) is 9.62. The minimum Gasteiger partial charge on any atom is -0.356 e. The molecule has 1 atom stereocenters. The Morgan fingerprint density at radius 1 is 1.17 bits per heavy atom. The SMILES string of the molecule is Cc1ccnc(N2CCC[C@]3(CCC(=O)N(C4CCCC4)C3)C2)c1. The van der Waals surface area contributed by atoms with Crippen molar-refractivity contribution in [2.24, 2.45) is 5.41 Å². The van der Waals surface area contributed by atoms with Crippen LogP contribution in [0.3, 0.4) is 0 Å². The predicted molar refractivity (Wildman–Crippen MR) is 96.1 cm³/mol. The summed E-state index contributed by atoms with van der Waals surface area (Å²) in [6.07, 6.45) is 11.2. The molecule has 1 aromatic rings. The number of amides is 1. The number of aryl methyl sites for hydroxylation is 1. The maximum Gasteiger partial charge on any atom is 0.222 e. The molecule has 3 fully saturated rings. The number of nitrogens with zero attached hydrogens (tertiary/aromatic N) is 3. The van der Waals surface area contributed by atoms with Crippen LogP contribution in [0.25, 0.3) is 0 Å². The first-order chi connectivity index (χ1) is 11.7. The van der Waals surface area contributed by atoms with Crippen molar-refractivity contribution in [1.82, 2.24) is 9.88 Å². The zero-order valence-electron chi connectivity index (χ0n) is 14.8. The number of aromatic nitrogens is 1. The van der Waals surface area contributed by atoms with Crippen LogP contribution in [0, 0.1) is 12.3 Å². The summed E-state index contributed by atoms with van der Waals surface area (Å²) in [4.78, 5) is 21.8. The Morgan fingerprint density at radius 3 is 2.79 bits per heavy atom. The van der Waals surface area contributed by atoms with Crippen LogP contribution in [0.15, 0.2) is 18.3 Å². The zero-order chi connectivity index (χ0) is 16.6. The molecule has 24 heavy (non-hydrogen) atoms. The minimum atomic E-state index is 0.278. The molecule has 1 aliphatic carbocycles. The first kappa shape index (κ1) is 15.9. The summed E-state index contributed by atoms with van der Waals surface area (Å²) < 4.78 is 0. The number of likely N-dealkylation sites (tertiary alicyclic amines) is 1. The molecule has 0 bridgehead atoms. The van der Waals surface area contributed by atoms with Crippen LogP contribution in [0.2, 0.25) is 0 Å². The summed E-state index contributed by atoms with van der Waals surface area (Å²) in [6.45, 7) is 5.25. The van der Waals surface area contributed by atoms with Gasteiger partial charge in [-0.25, -0.2) is 4.98 Å². The van der Waals surface area contributed by atoms with Crippen molar-refractivity contribution < 1.29 is 4.79 Å². The molecule has 1 spiro atoms. The third-order valence-corrected chi connectivity index (χ3v) is 6.35. The van der Waals surface area contributed by atoms with Gasteiger partial charge in [0.05, 0.1) is 0 Å². The molecule has 4 heteroatoms. The Hall–Kier alpha value is -1.58. The smallest absolute Gasteiger partial charge is 0.222 e. The van der Waals surface area contributed by atoms with E-state index in [2.05, 4.69) is 33.8 Å². The average Bonchev–Trinajstić information content (AvgIpc) is 3.12. The monoisotopic (exact) mass is 327 g/mol. The third kappa shape index (κ3) is 3.03. The van der Waals surface area contributed by atoms with Gasteiger partial charge in [0.2, 0.25) is 5.91 Å². The topological polar surface area (TPSA) is 36.4 Å². The van der Waals surface area contributed by atoms with Gasteiger partial charge in [0.1, 0.15) is 5.82 Å². The Balaban J connectivity index is 1.52. The molecule has 0 N–H and O–H groups in total. The molecule has 2 saturated heterocycles. The van der Waals surface area contributed by atoms with E-state index < -0.39 is 0 Å². The number of anilines is 1. The second-order valence-corrected chi connectivity index (χ2v) is 8.18. The number of hydrogen-bond donors (Lipinski definition) is 0. The van der Waals surface area contributed by atoms with Gasteiger partial charge >= 0.3 is 0 Å². The van der Waals surface area contributed by atoms with E-state index in [1.54, 1.807) is 0 Å². The maximum atomic E-state index is 12.5. The van der Waals surface area contributed by atoms with Crippen molar-refractivity contribution >= 4 is 11.7 Å². The predicted octanol–water partition coefficient (Wildman–Crippen LogP) is 3.54. The molecule has 0 aromatic carbocycles. The number of piperidine rings is 2. The summed E-state index contributed by atoms with van der Waals surface area (Å²) >= 11 is 0.